The van der Waals surface area contributed by atoms with Gasteiger partial charge >= 0.3 is 5.97 Å². The molecule has 7 heteroatoms. The number of carboxylic acids is 1. The lowest BCUT2D eigenvalue weighted by atomic mass is 10.2. The maximum Gasteiger partial charge on any atom is 0.371 e. The van der Waals surface area contributed by atoms with Gasteiger partial charge in [0.2, 0.25) is 11.7 Å². The summed E-state index contributed by atoms with van der Waals surface area (Å²) < 4.78 is 10.1. The zero-order valence-electron chi connectivity index (χ0n) is 10.0. The summed E-state index contributed by atoms with van der Waals surface area (Å²) in [5, 5.41) is 15.5. The van der Waals surface area contributed by atoms with Crippen LogP contribution in [0.4, 0.5) is 0 Å². The Morgan fingerprint density at radius 3 is 2.89 bits per heavy atom. The van der Waals surface area contributed by atoms with Gasteiger partial charge < -0.3 is 14.0 Å². The molecule has 0 saturated heterocycles. The van der Waals surface area contributed by atoms with E-state index >= 15 is 0 Å². The van der Waals surface area contributed by atoms with Crippen molar-refractivity contribution in [3.05, 3.63) is 35.4 Å². The number of nitrogens with zero attached hydrogens (tertiary/aromatic N) is 2. The monoisotopic (exact) mass is 251 g/mol. The predicted molar refractivity (Wildman–Crippen MR) is 60.0 cm³/mol. The molecule has 0 radical (unpaired) electrons. The van der Waals surface area contributed by atoms with Gasteiger partial charge in [0.05, 0.1) is 12.6 Å². The van der Waals surface area contributed by atoms with Gasteiger partial charge in [0, 0.05) is 0 Å². The first-order chi connectivity index (χ1) is 8.56. The van der Waals surface area contributed by atoms with Crippen LogP contribution < -0.4 is 5.32 Å². The quantitative estimate of drug-likeness (QED) is 0.830. The van der Waals surface area contributed by atoms with Crippen LogP contribution in [0, 0.1) is 6.92 Å². The zero-order chi connectivity index (χ0) is 13.1. The molecule has 2 rings (SSSR count). The lowest BCUT2D eigenvalue weighted by molar-refractivity contribution is 0.0659. The van der Waals surface area contributed by atoms with Crippen molar-refractivity contribution < 1.29 is 18.8 Å². The summed E-state index contributed by atoms with van der Waals surface area (Å²) in [6, 6.07) is 2.90. The third-order valence-corrected chi connectivity index (χ3v) is 2.39. The molecule has 7 nitrogen and oxygen atoms in total. The van der Waals surface area contributed by atoms with Crippen LogP contribution >= 0.6 is 0 Å². The minimum Gasteiger partial charge on any atom is -0.475 e. The highest BCUT2D eigenvalue weighted by Gasteiger charge is 2.14. The molecule has 96 valence electrons. The van der Waals surface area contributed by atoms with E-state index in [9.17, 15) is 4.79 Å². The topological polar surface area (TPSA) is 101 Å². The molecule has 0 aliphatic carbocycles. The van der Waals surface area contributed by atoms with E-state index in [1.807, 2.05) is 6.92 Å². The summed E-state index contributed by atoms with van der Waals surface area (Å²) >= 11 is 0. The van der Waals surface area contributed by atoms with Crippen LogP contribution in [0.2, 0.25) is 0 Å². The molecule has 0 fully saturated rings. The second-order valence-electron chi connectivity index (χ2n) is 3.85. The number of carboxylic acid groups (broad SMARTS) is 1. The summed E-state index contributed by atoms with van der Waals surface area (Å²) in [6.07, 6.45) is 0. The van der Waals surface area contributed by atoms with Crippen molar-refractivity contribution in [2.45, 2.75) is 26.4 Å². The average Bonchev–Trinajstić information content (AvgIpc) is 2.94. The van der Waals surface area contributed by atoms with Crippen molar-refractivity contribution in [1.29, 1.82) is 0 Å². The summed E-state index contributed by atoms with van der Waals surface area (Å²) in [4.78, 5) is 14.7. The third-order valence-electron chi connectivity index (χ3n) is 2.39. The van der Waals surface area contributed by atoms with E-state index in [1.165, 1.54) is 6.07 Å². The normalized spacial score (nSPS) is 12.6. The number of nitrogens with one attached hydrogen (secondary N) is 1. The second-order valence-corrected chi connectivity index (χ2v) is 3.85. The molecular weight excluding hydrogens is 238 g/mol. The van der Waals surface area contributed by atoms with Gasteiger partial charge in [-0.15, -0.1) is 0 Å². The van der Waals surface area contributed by atoms with Gasteiger partial charge in [-0.1, -0.05) is 5.16 Å². The Balaban J connectivity index is 1.94. The van der Waals surface area contributed by atoms with E-state index in [0.29, 0.717) is 24.0 Å². The molecule has 0 bridgehead atoms. The molecule has 0 saturated carbocycles. The lowest BCUT2D eigenvalue weighted by Crippen LogP contribution is -2.17. The number of hydrogen-bond donors (Lipinski definition) is 2. The van der Waals surface area contributed by atoms with Crippen molar-refractivity contribution in [2.24, 2.45) is 0 Å². The Kier molecular flexibility index (Phi) is 3.42. The number of aromatic carboxylic acids is 1. The number of carbonyl (C=O) groups is 1. The fourth-order valence-corrected chi connectivity index (χ4v) is 1.45. The van der Waals surface area contributed by atoms with Gasteiger partial charge in [0.15, 0.2) is 5.82 Å². The first-order valence-corrected chi connectivity index (χ1v) is 5.42. The van der Waals surface area contributed by atoms with Crippen LogP contribution in [0.1, 0.15) is 41.0 Å². The molecule has 0 aromatic carbocycles. The van der Waals surface area contributed by atoms with Crippen LogP contribution in [0.3, 0.4) is 0 Å². The molecule has 2 aromatic rings. The minimum absolute atomic E-state index is 0.0766. The molecule has 2 heterocycles. The molecule has 0 amide bonds. The summed E-state index contributed by atoms with van der Waals surface area (Å²) in [5.74, 6) is 0.437. The molecule has 1 unspecified atom stereocenters. The first-order valence-electron chi connectivity index (χ1n) is 5.42. The smallest absolute Gasteiger partial charge is 0.371 e. The van der Waals surface area contributed by atoms with E-state index in [0.717, 1.165) is 0 Å². The van der Waals surface area contributed by atoms with E-state index < -0.39 is 5.97 Å². The van der Waals surface area contributed by atoms with Gasteiger partial charge in [0.1, 0.15) is 5.76 Å². The molecule has 1 atom stereocenters. The SMILES string of the molecule is Cc1noc(CNC(C)c2ccc(C(=O)O)o2)n1. The fourth-order valence-electron chi connectivity index (χ4n) is 1.45. The zero-order valence-corrected chi connectivity index (χ0v) is 10.0. The van der Waals surface area contributed by atoms with Crippen LogP contribution in [-0.2, 0) is 6.54 Å². The maximum absolute atomic E-state index is 10.7. The fraction of sp³-hybridized carbons (Fsp3) is 0.364. The minimum atomic E-state index is -1.08. The van der Waals surface area contributed by atoms with E-state index in [-0.39, 0.29) is 11.8 Å². The highest BCUT2D eigenvalue weighted by molar-refractivity contribution is 5.84. The van der Waals surface area contributed by atoms with Gasteiger partial charge in [-0.2, -0.15) is 4.98 Å². The largest absolute Gasteiger partial charge is 0.475 e. The van der Waals surface area contributed by atoms with Crippen molar-refractivity contribution >= 4 is 5.97 Å². The Labute approximate surface area is 103 Å². The molecule has 18 heavy (non-hydrogen) atoms. The average molecular weight is 251 g/mol. The van der Waals surface area contributed by atoms with Crippen molar-refractivity contribution in [1.82, 2.24) is 15.5 Å². The predicted octanol–water partition coefficient (Wildman–Crippen LogP) is 1.52. The molecular formula is C11H13N3O4. The van der Waals surface area contributed by atoms with Crippen LogP contribution in [-0.4, -0.2) is 21.2 Å². The van der Waals surface area contributed by atoms with E-state index in [4.69, 9.17) is 14.0 Å². The number of rotatable bonds is 5. The molecule has 2 N–H and O–H groups in total. The highest BCUT2D eigenvalue weighted by Crippen LogP contribution is 2.16. The van der Waals surface area contributed by atoms with Crippen LogP contribution in [0.25, 0.3) is 0 Å². The number of aryl methyl sites for hydroxylation is 1. The number of hydrogen-bond acceptors (Lipinski definition) is 6. The Hall–Kier alpha value is -2.15. The third kappa shape index (κ3) is 2.75. The van der Waals surface area contributed by atoms with Crippen molar-refractivity contribution in [3.63, 3.8) is 0 Å². The maximum atomic E-state index is 10.7. The van der Waals surface area contributed by atoms with Gasteiger partial charge in [-0.25, -0.2) is 4.79 Å². The lowest BCUT2D eigenvalue weighted by Gasteiger charge is -2.08. The highest BCUT2D eigenvalue weighted by atomic mass is 16.5. The van der Waals surface area contributed by atoms with Crippen LogP contribution in [0.15, 0.2) is 21.1 Å². The number of furan rings is 1. The Morgan fingerprint density at radius 1 is 1.56 bits per heavy atom. The van der Waals surface area contributed by atoms with Crippen LogP contribution in [0.5, 0.6) is 0 Å². The Morgan fingerprint density at radius 2 is 2.33 bits per heavy atom. The van der Waals surface area contributed by atoms with Crippen molar-refractivity contribution in [3.8, 4) is 0 Å². The molecule has 0 aliphatic rings. The molecule has 0 aliphatic heterocycles. The number of aromatic nitrogens is 2. The van der Waals surface area contributed by atoms with Gasteiger partial charge in [-0.3, -0.25) is 5.32 Å². The van der Waals surface area contributed by atoms with E-state index in [1.54, 1.807) is 13.0 Å². The summed E-state index contributed by atoms with van der Waals surface area (Å²) in [7, 11) is 0. The van der Waals surface area contributed by atoms with E-state index in [2.05, 4.69) is 15.5 Å². The molecule has 2 aromatic heterocycles. The molecule has 0 spiro atoms. The van der Waals surface area contributed by atoms with Gasteiger partial charge in [0.25, 0.3) is 0 Å². The van der Waals surface area contributed by atoms with Crippen molar-refractivity contribution in [2.75, 3.05) is 0 Å². The standard InChI is InChI=1S/C11H13N3O4/c1-6(8-3-4-9(17-8)11(15)16)12-5-10-13-7(2)14-18-10/h3-4,6,12H,5H2,1-2H3,(H,15,16). The summed E-state index contributed by atoms with van der Waals surface area (Å²) in [5.41, 5.74) is 0. The summed E-state index contributed by atoms with van der Waals surface area (Å²) in [6.45, 7) is 3.99. The first kappa shape index (κ1) is 12.3. The Bertz CT molecular complexity index is 546. The second kappa shape index (κ2) is 5.01. The van der Waals surface area contributed by atoms with Gasteiger partial charge in [-0.05, 0) is 26.0 Å².